The smallest absolute Gasteiger partial charge is 0.278 e. The van der Waals surface area contributed by atoms with E-state index >= 15 is 0 Å². The number of hydrogen-bond donors (Lipinski definition) is 3. The van der Waals surface area contributed by atoms with Crippen LogP contribution in [0.3, 0.4) is 0 Å². The number of para-hydroxylation sites is 2. The van der Waals surface area contributed by atoms with E-state index in [4.69, 9.17) is 0 Å². The van der Waals surface area contributed by atoms with Crippen molar-refractivity contribution in [2.24, 2.45) is 0 Å². The summed E-state index contributed by atoms with van der Waals surface area (Å²) in [6.07, 6.45) is 1.59. The first kappa shape index (κ1) is 17.3. The standard InChI is InChI=1S/C20H16N6O2/c21-10-13-9-16(20(28)26-8-4-3-7-17(13)26)22-12-19(27)23-11-18-24-14-5-1-2-6-15(14)25-18/h1-9,22H,11-12H2,(H,23,27)(H,24,25). The zero-order valence-corrected chi connectivity index (χ0v) is 14.8. The zero-order valence-electron chi connectivity index (χ0n) is 14.8. The van der Waals surface area contributed by atoms with Gasteiger partial charge in [-0.15, -0.1) is 0 Å². The van der Waals surface area contributed by atoms with Crippen molar-refractivity contribution >= 4 is 28.1 Å². The van der Waals surface area contributed by atoms with Crippen molar-refractivity contribution in [3.63, 3.8) is 0 Å². The van der Waals surface area contributed by atoms with Gasteiger partial charge >= 0.3 is 0 Å². The molecule has 0 bridgehead atoms. The van der Waals surface area contributed by atoms with Crippen molar-refractivity contribution in [3.05, 3.63) is 76.5 Å². The number of nitrogens with zero attached hydrogens (tertiary/aromatic N) is 3. The van der Waals surface area contributed by atoms with E-state index in [1.54, 1.807) is 24.4 Å². The highest BCUT2D eigenvalue weighted by molar-refractivity contribution is 5.81. The summed E-state index contributed by atoms with van der Waals surface area (Å²) in [5, 5.41) is 14.9. The predicted molar refractivity (Wildman–Crippen MR) is 105 cm³/mol. The van der Waals surface area contributed by atoms with Crippen molar-refractivity contribution in [2.45, 2.75) is 6.54 Å². The zero-order chi connectivity index (χ0) is 19.5. The highest BCUT2D eigenvalue weighted by Crippen LogP contribution is 2.12. The summed E-state index contributed by atoms with van der Waals surface area (Å²) in [5.41, 5.74) is 2.48. The molecule has 0 radical (unpaired) electrons. The lowest BCUT2D eigenvalue weighted by atomic mass is 10.2. The third kappa shape index (κ3) is 3.29. The number of anilines is 1. The molecule has 138 valence electrons. The molecule has 0 unspecified atom stereocenters. The fourth-order valence-corrected chi connectivity index (χ4v) is 2.98. The Hall–Kier alpha value is -4.12. The van der Waals surface area contributed by atoms with Crippen molar-refractivity contribution in [2.75, 3.05) is 11.9 Å². The minimum Gasteiger partial charge on any atom is -0.372 e. The SMILES string of the molecule is N#Cc1cc(NCC(=O)NCc2nc3ccccc3[nH]2)c(=O)n2ccccc12. The Morgan fingerprint density at radius 2 is 2.04 bits per heavy atom. The average Bonchev–Trinajstić information content (AvgIpc) is 3.15. The summed E-state index contributed by atoms with van der Waals surface area (Å²) in [5.74, 6) is 0.351. The number of aromatic amines is 1. The lowest BCUT2D eigenvalue weighted by molar-refractivity contribution is -0.119. The van der Waals surface area contributed by atoms with Crippen LogP contribution < -0.4 is 16.2 Å². The fraction of sp³-hybridized carbons (Fsp3) is 0.100. The molecule has 28 heavy (non-hydrogen) atoms. The van der Waals surface area contributed by atoms with Gasteiger partial charge in [-0.2, -0.15) is 5.26 Å². The van der Waals surface area contributed by atoms with Gasteiger partial charge in [-0.1, -0.05) is 18.2 Å². The van der Waals surface area contributed by atoms with E-state index in [2.05, 4.69) is 26.7 Å². The summed E-state index contributed by atoms with van der Waals surface area (Å²) in [6, 6.07) is 16.3. The molecule has 1 aromatic carbocycles. The number of imidazole rings is 1. The molecule has 4 aromatic rings. The van der Waals surface area contributed by atoms with Crippen LogP contribution in [0.15, 0.2) is 59.5 Å². The number of carbonyl (C=O) groups is 1. The monoisotopic (exact) mass is 372 g/mol. The third-order valence-electron chi connectivity index (χ3n) is 4.32. The van der Waals surface area contributed by atoms with Crippen molar-refractivity contribution in [3.8, 4) is 6.07 Å². The van der Waals surface area contributed by atoms with Gasteiger partial charge in [0.1, 0.15) is 17.6 Å². The van der Waals surface area contributed by atoms with Gasteiger partial charge in [0.15, 0.2) is 0 Å². The summed E-state index contributed by atoms with van der Waals surface area (Å²) < 4.78 is 1.38. The van der Waals surface area contributed by atoms with Crippen LogP contribution in [0.4, 0.5) is 5.69 Å². The highest BCUT2D eigenvalue weighted by Gasteiger charge is 2.10. The number of carbonyl (C=O) groups excluding carboxylic acids is 1. The van der Waals surface area contributed by atoms with E-state index in [1.165, 1.54) is 10.5 Å². The largest absolute Gasteiger partial charge is 0.372 e. The number of rotatable bonds is 5. The normalized spacial score (nSPS) is 10.7. The van der Waals surface area contributed by atoms with Crippen LogP contribution in [0.25, 0.3) is 16.6 Å². The molecule has 0 aliphatic rings. The Balaban J connectivity index is 1.44. The van der Waals surface area contributed by atoms with Crippen LogP contribution in [0.1, 0.15) is 11.4 Å². The van der Waals surface area contributed by atoms with Gasteiger partial charge < -0.3 is 15.6 Å². The minimum absolute atomic E-state index is 0.0980. The molecule has 8 heteroatoms. The van der Waals surface area contributed by atoms with Crippen LogP contribution in [0.5, 0.6) is 0 Å². The van der Waals surface area contributed by atoms with Gasteiger partial charge in [0.2, 0.25) is 5.91 Å². The van der Waals surface area contributed by atoms with E-state index < -0.39 is 0 Å². The second-order valence-corrected chi connectivity index (χ2v) is 6.18. The molecule has 1 amide bonds. The van der Waals surface area contributed by atoms with Crippen LogP contribution in [0, 0.1) is 11.3 Å². The summed E-state index contributed by atoms with van der Waals surface area (Å²) >= 11 is 0. The second-order valence-electron chi connectivity index (χ2n) is 6.18. The lowest BCUT2D eigenvalue weighted by Crippen LogP contribution is -2.31. The molecule has 0 aliphatic heterocycles. The quantitative estimate of drug-likeness (QED) is 0.494. The van der Waals surface area contributed by atoms with Gasteiger partial charge in [0.05, 0.1) is 35.2 Å². The Labute approximate surface area is 159 Å². The number of hydrogen-bond acceptors (Lipinski definition) is 5. The van der Waals surface area contributed by atoms with E-state index in [9.17, 15) is 14.9 Å². The number of pyridine rings is 2. The molecular weight excluding hydrogens is 356 g/mol. The average molecular weight is 372 g/mol. The fourth-order valence-electron chi connectivity index (χ4n) is 2.98. The molecule has 8 nitrogen and oxygen atoms in total. The topological polar surface area (TPSA) is 115 Å². The maximum atomic E-state index is 12.5. The summed E-state index contributed by atoms with van der Waals surface area (Å²) in [6.45, 7) is 0.147. The first-order chi connectivity index (χ1) is 13.7. The van der Waals surface area contributed by atoms with Crippen molar-refractivity contribution in [1.82, 2.24) is 19.7 Å². The Morgan fingerprint density at radius 3 is 2.86 bits per heavy atom. The maximum absolute atomic E-state index is 12.5. The Bertz CT molecular complexity index is 1250. The molecule has 3 heterocycles. The highest BCUT2D eigenvalue weighted by atomic mass is 16.2. The van der Waals surface area contributed by atoms with Crippen LogP contribution in [-0.4, -0.2) is 26.8 Å². The molecule has 0 saturated carbocycles. The van der Waals surface area contributed by atoms with Crippen LogP contribution >= 0.6 is 0 Å². The van der Waals surface area contributed by atoms with E-state index in [1.807, 2.05) is 24.3 Å². The number of amides is 1. The number of nitriles is 1. The molecule has 0 fully saturated rings. The van der Waals surface area contributed by atoms with Gasteiger partial charge in [-0.3, -0.25) is 14.0 Å². The van der Waals surface area contributed by atoms with Crippen LogP contribution in [-0.2, 0) is 11.3 Å². The molecule has 3 N–H and O–H groups in total. The summed E-state index contributed by atoms with van der Waals surface area (Å²) in [4.78, 5) is 32.2. The number of fused-ring (bicyclic) bond motifs is 2. The van der Waals surface area contributed by atoms with Crippen LogP contribution in [0.2, 0.25) is 0 Å². The maximum Gasteiger partial charge on any atom is 0.278 e. The summed E-state index contributed by atoms with van der Waals surface area (Å²) in [7, 11) is 0. The minimum atomic E-state index is -0.320. The third-order valence-corrected chi connectivity index (χ3v) is 4.32. The van der Waals surface area contributed by atoms with Gasteiger partial charge in [-0.05, 0) is 30.3 Å². The van der Waals surface area contributed by atoms with Gasteiger partial charge in [-0.25, -0.2) is 4.98 Å². The number of nitrogens with one attached hydrogen (secondary N) is 3. The number of H-pyrrole nitrogens is 1. The molecule has 0 atom stereocenters. The van der Waals surface area contributed by atoms with Crippen molar-refractivity contribution < 1.29 is 4.79 Å². The van der Waals surface area contributed by atoms with E-state index in [0.717, 1.165) is 11.0 Å². The molecular formula is C20H16N6O2. The van der Waals surface area contributed by atoms with E-state index in [0.29, 0.717) is 16.9 Å². The molecule has 4 rings (SSSR count). The van der Waals surface area contributed by atoms with E-state index in [-0.39, 0.29) is 30.2 Å². The predicted octanol–water partition coefficient (Wildman–Crippen LogP) is 1.78. The Morgan fingerprint density at radius 1 is 1.21 bits per heavy atom. The Kier molecular flexibility index (Phi) is 4.48. The lowest BCUT2D eigenvalue weighted by Gasteiger charge is -2.09. The molecule has 3 aromatic heterocycles. The second kappa shape index (κ2) is 7.25. The first-order valence-electron chi connectivity index (χ1n) is 8.64. The van der Waals surface area contributed by atoms with Gasteiger partial charge in [0.25, 0.3) is 5.56 Å². The van der Waals surface area contributed by atoms with Crippen molar-refractivity contribution in [1.29, 1.82) is 5.26 Å². The van der Waals surface area contributed by atoms with Gasteiger partial charge in [0, 0.05) is 6.20 Å². The first-order valence-corrected chi connectivity index (χ1v) is 8.64. The molecule has 0 aliphatic carbocycles. The number of benzene rings is 1. The molecule has 0 spiro atoms. The molecule has 0 saturated heterocycles. The number of aromatic nitrogens is 3.